The summed E-state index contributed by atoms with van der Waals surface area (Å²) in [6.07, 6.45) is 4.33. The van der Waals surface area contributed by atoms with Crippen molar-refractivity contribution in [3.8, 4) is 0 Å². The standard InChI is InChI=1S/C13H22N2OS/c1-3-5-8-15(9-6-4-2)13(16)12-11(14)7-10-17-12/h7,10H,3-6,8-9,14H2,1-2H3. The van der Waals surface area contributed by atoms with Gasteiger partial charge in [0.25, 0.3) is 5.91 Å². The molecular weight excluding hydrogens is 232 g/mol. The Morgan fingerprint density at radius 1 is 1.29 bits per heavy atom. The molecule has 4 heteroatoms. The SMILES string of the molecule is CCCCN(CCCC)C(=O)c1sccc1N. The zero-order chi connectivity index (χ0) is 12.7. The van der Waals surface area contributed by atoms with E-state index in [1.165, 1.54) is 11.3 Å². The molecule has 2 N–H and O–H groups in total. The van der Waals surface area contributed by atoms with E-state index in [9.17, 15) is 4.79 Å². The summed E-state index contributed by atoms with van der Waals surface area (Å²) in [6.45, 7) is 5.96. The summed E-state index contributed by atoms with van der Waals surface area (Å²) >= 11 is 1.44. The number of amides is 1. The van der Waals surface area contributed by atoms with Gasteiger partial charge in [-0.1, -0.05) is 26.7 Å². The number of hydrogen-bond acceptors (Lipinski definition) is 3. The smallest absolute Gasteiger partial charge is 0.266 e. The molecule has 1 heterocycles. The van der Waals surface area contributed by atoms with E-state index >= 15 is 0 Å². The highest BCUT2D eigenvalue weighted by Gasteiger charge is 2.18. The minimum absolute atomic E-state index is 0.0967. The van der Waals surface area contributed by atoms with Crippen LogP contribution >= 0.6 is 11.3 Å². The Balaban J connectivity index is 2.68. The fourth-order valence-corrected chi connectivity index (χ4v) is 2.43. The van der Waals surface area contributed by atoms with Crippen LogP contribution in [0.3, 0.4) is 0 Å². The Kier molecular flexibility index (Phi) is 6.05. The third-order valence-corrected chi connectivity index (χ3v) is 3.66. The Hall–Kier alpha value is -1.03. The summed E-state index contributed by atoms with van der Waals surface area (Å²) in [5.41, 5.74) is 6.41. The van der Waals surface area contributed by atoms with Gasteiger partial charge in [0.2, 0.25) is 0 Å². The van der Waals surface area contributed by atoms with Crippen LogP contribution in [0, 0.1) is 0 Å². The average molecular weight is 254 g/mol. The van der Waals surface area contributed by atoms with Crippen LogP contribution in [-0.2, 0) is 0 Å². The van der Waals surface area contributed by atoms with Crippen LogP contribution in [-0.4, -0.2) is 23.9 Å². The van der Waals surface area contributed by atoms with Gasteiger partial charge in [0.05, 0.1) is 5.69 Å². The normalized spacial score (nSPS) is 10.5. The highest BCUT2D eigenvalue weighted by Crippen LogP contribution is 2.21. The van der Waals surface area contributed by atoms with Crippen molar-refractivity contribution in [1.82, 2.24) is 4.90 Å². The lowest BCUT2D eigenvalue weighted by Gasteiger charge is -2.22. The van der Waals surface area contributed by atoms with Crippen LogP contribution in [0.5, 0.6) is 0 Å². The molecule has 0 aliphatic heterocycles. The molecule has 1 amide bonds. The zero-order valence-electron chi connectivity index (χ0n) is 10.7. The van der Waals surface area contributed by atoms with Crippen LogP contribution in [0.2, 0.25) is 0 Å². The number of thiophene rings is 1. The van der Waals surface area contributed by atoms with Crippen LogP contribution in [0.15, 0.2) is 11.4 Å². The van der Waals surface area contributed by atoms with Gasteiger partial charge in [-0.25, -0.2) is 0 Å². The predicted octanol–water partition coefficient (Wildman–Crippen LogP) is 3.37. The Bertz CT molecular complexity index is 341. The van der Waals surface area contributed by atoms with Crippen LogP contribution < -0.4 is 5.73 Å². The van der Waals surface area contributed by atoms with Gasteiger partial charge in [-0.15, -0.1) is 11.3 Å². The Morgan fingerprint density at radius 3 is 2.29 bits per heavy atom. The summed E-state index contributed by atoms with van der Waals surface area (Å²) in [5.74, 6) is 0.0967. The Morgan fingerprint density at radius 2 is 1.88 bits per heavy atom. The van der Waals surface area contributed by atoms with Gasteiger partial charge >= 0.3 is 0 Å². The number of nitrogens with zero attached hydrogens (tertiary/aromatic N) is 1. The van der Waals surface area contributed by atoms with Crippen LogP contribution in [0.1, 0.15) is 49.2 Å². The molecule has 0 bridgehead atoms. The van der Waals surface area contributed by atoms with Gasteiger partial charge in [0, 0.05) is 13.1 Å². The van der Waals surface area contributed by atoms with Gasteiger partial charge in [-0.3, -0.25) is 4.79 Å². The predicted molar refractivity (Wildman–Crippen MR) is 74.5 cm³/mol. The molecule has 0 saturated carbocycles. The largest absolute Gasteiger partial charge is 0.397 e. The van der Waals surface area contributed by atoms with Gasteiger partial charge in [0.1, 0.15) is 4.88 Å². The third-order valence-electron chi connectivity index (χ3n) is 2.74. The summed E-state index contributed by atoms with van der Waals surface area (Å²) in [6, 6.07) is 1.80. The molecule has 0 saturated heterocycles. The third kappa shape index (κ3) is 4.04. The number of rotatable bonds is 7. The van der Waals surface area contributed by atoms with Crippen molar-refractivity contribution in [3.05, 3.63) is 16.3 Å². The molecule has 1 rings (SSSR count). The molecule has 1 aromatic rings. The fraction of sp³-hybridized carbons (Fsp3) is 0.615. The molecule has 0 aliphatic carbocycles. The van der Waals surface area contributed by atoms with E-state index in [4.69, 9.17) is 5.73 Å². The molecule has 3 nitrogen and oxygen atoms in total. The number of hydrogen-bond donors (Lipinski definition) is 1. The minimum atomic E-state index is 0.0967. The lowest BCUT2D eigenvalue weighted by Crippen LogP contribution is -2.32. The monoisotopic (exact) mass is 254 g/mol. The topological polar surface area (TPSA) is 46.3 Å². The number of nitrogens with two attached hydrogens (primary N) is 1. The molecule has 0 aromatic carbocycles. The van der Waals surface area contributed by atoms with Crippen LogP contribution in [0.4, 0.5) is 5.69 Å². The van der Waals surface area contributed by atoms with E-state index < -0.39 is 0 Å². The lowest BCUT2D eigenvalue weighted by atomic mass is 10.2. The van der Waals surface area contributed by atoms with Crippen molar-refractivity contribution in [2.24, 2.45) is 0 Å². The first-order chi connectivity index (χ1) is 8.20. The maximum absolute atomic E-state index is 12.3. The van der Waals surface area contributed by atoms with E-state index in [1.54, 1.807) is 6.07 Å². The molecule has 96 valence electrons. The number of carbonyl (C=O) groups is 1. The zero-order valence-corrected chi connectivity index (χ0v) is 11.6. The molecule has 1 aromatic heterocycles. The van der Waals surface area contributed by atoms with Crippen LogP contribution in [0.25, 0.3) is 0 Å². The Labute approximate surface area is 108 Å². The molecule has 0 unspecified atom stereocenters. The first-order valence-electron chi connectivity index (χ1n) is 6.32. The second-order valence-corrected chi connectivity index (χ2v) is 5.12. The van der Waals surface area contributed by atoms with Crippen molar-refractivity contribution in [2.45, 2.75) is 39.5 Å². The van der Waals surface area contributed by atoms with Gasteiger partial charge in [-0.05, 0) is 24.3 Å². The number of unbranched alkanes of at least 4 members (excludes halogenated alkanes) is 2. The quantitative estimate of drug-likeness (QED) is 0.811. The molecule has 0 aliphatic rings. The van der Waals surface area contributed by atoms with Crippen molar-refractivity contribution in [1.29, 1.82) is 0 Å². The van der Waals surface area contributed by atoms with E-state index in [1.807, 2.05) is 10.3 Å². The molecule has 0 fully saturated rings. The first-order valence-corrected chi connectivity index (χ1v) is 7.20. The van der Waals surface area contributed by atoms with Crippen molar-refractivity contribution >= 4 is 22.9 Å². The molecule has 0 radical (unpaired) electrons. The van der Waals surface area contributed by atoms with E-state index in [0.717, 1.165) is 38.8 Å². The van der Waals surface area contributed by atoms with Gasteiger partial charge in [0.15, 0.2) is 0 Å². The number of carbonyl (C=O) groups excluding carboxylic acids is 1. The van der Waals surface area contributed by atoms with Crippen molar-refractivity contribution < 1.29 is 4.79 Å². The second kappa shape index (κ2) is 7.33. The number of anilines is 1. The summed E-state index contributed by atoms with van der Waals surface area (Å²) < 4.78 is 0. The number of nitrogen functional groups attached to an aromatic ring is 1. The fourth-order valence-electron chi connectivity index (χ4n) is 1.65. The van der Waals surface area contributed by atoms with E-state index in [0.29, 0.717) is 10.6 Å². The highest BCUT2D eigenvalue weighted by atomic mass is 32.1. The van der Waals surface area contributed by atoms with Gasteiger partial charge < -0.3 is 10.6 Å². The maximum Gasteiger partial charge on any atom is 0.266 e. The molecule has 0 atom stereocenters. The molecular formula is C13H22N2OS. The van der Waals surface area contributed by atoms with Crippen molar-refractivity contribution in [3.63, 3.8) is 0 Å². The summed E-state index contributed by atoms with van der Waals surface area (Å²) in [7, 11) is 0. The van der Waals surface area contributed by atoms with E-state index in [-0.39, 0.29) is 5.91 Å². The summed E-state index contributed by atoms with van der Waals surface area (Å²) in [5, 5.41) is 1.88. The lowest BCUT2D eigenvalue weighted by molar-refractivity contribution is 0.0757. The summed E-state index contributed by atoms with van der Waals surface area (Å²) in [4.78, 5) is 14.9. The minimum Gasteiger partial charge on any atom is -0.397 e. The first kappa shape index (κ1) is 14.0. The molecule has 0 spiro atoms. The van der Waals surface area contributed by atoms with Crippen molar-refractivity contribution in [2.75, 3.05) is 18.8 Å². The highest BCUT2D eigenvalue weighted by molar-refractivity contribution is 7.12. The van der Waals surface area contributed by atoms with E-state index in [2.05, 4.69) is 13.8 Å². The maximum atomic E-state index is 12.3. The second-order valence-electron chi connectivity index (χ2n) is 4.20. The molecule has 17 heavy (non-hydrogen) atoms. The average Bonchev–Trinajstić information content (AvgIpc) is 2.75. The van der Waals surface area contributed by atoms with Gasteiger partial charge in [-0.2, -0.15) is 0 Å².